The molecule has 1 atom stereocenters. The second kappa shape index (κ2) is 10.0. The highest BCUT2D eigenvalue weighted by Gasteiger charge is 2.16. The molecule has 2 amide bonds. The van der Waals surface area contributed by atoms with Crippen LogP contribution in [0.25, 0.3) is 10.2 Å². The molecular formula is C24H30N4OS. The number of hydrogen-bond acceptors (Lipinski definition) is 4. The minimum atomic E-state index is -0.267. The van der Waals surface area contributed by atoms with Gasteiger partial charge in [0.2, 0.25) is 0 Å². The van der Waals surface area contributed by atoms with Crippen molar-refractivity contribution in [2.75, 3.05) is 10.6 Å². The molecular weight excluding hydrogens is 392 g/mol. The van der Waals surface area contributed by atoms with E-state index in [1.165, 1.54) is 49.9 Å². The molecule has 0 saturated heterocycles. The van der Waals surface area contributed by atoms with E-state index in [1.54, 1.807) is 0 Å². The van der Waals surface area contributed by atoms with Gasteiger partial charge in [0.1, 0.15) is 0 Å². The number of hydrogen-bond donors (Lipinski definition) is 3. The number of benzene rings is 2. The topological polar surface area (TPSA) is 66.0 Å². The maximum absolute atomic E-state index is 12.5. The number of thiazole rings is 1. The van der Waals surface area contributed by atoms with E-state index >= 15 is 0 Å². The number of rotatable bonds is 7. The molecule has 1 fully saturated rings. The minimum absolute atomic E-state index is 0.267. The summed E-state index contributed by atoms with van der Waals surface area (Å²) in [4.78, 5) is 17.0. The van der Waals surface area contributed by atoms with E-state index in [4.69, 9.17) is 0 Å². The first-order valence-corrected chi connectivity index (χ1v) is 11.7. The Balaban J connectivity index is 1.32. The van der Waals surface area contributed by atoms with E-state index < -0.39 is 0 Å². The monoisotopic (exact) mass is 422 g/mol. The van der Waals surface area contributed by atoms with Gasteiger partial charge in [-0.15, -0.1) is 0 Å². The summed E-state index contributed by atoms with van der Waals surface area (Å²) in [5, 5.41) is 10.1. The largest absolute Gasteiger partial charge is 0.325 e. The Bertz CT molecular complexity index is 947. The first-order valence-electron chi connectivity index (χ1n) is 10.9. The van der Waals surface area contributed by atoms with E-state index in [0.29, 0.717) is 11.2 Å². The number of fused-ring (bicyclic) bond motifs is 1. The maximum Gasteiger partial charge on any atom is 0.325 e. The molecule has 3 N–H and O–H groups in total. The Hall–Kier alpha value is -2.44. The van der Waals surface area contributed by atoms with Gasteiger partial charge in [-0.1, -0.05) is 73.8 Å². The number of nitrogens with one attached hydrogen (secondary N) is 3. The van der Waals surface area contributed by atoms with Gasteiger partial charge in [-0.3, -0.25) is 5.32 Å². The number of amides is 2. The molecule has 3 aromatic rings. The van der Waals surface area contributed by atoms with Gasteiger partial charge >= 0.3 is 6.03 Å². The Morgan fingerprint density at radius 1 is 1.07 bits per heavy atom. The molecule has 0 radical (unpaired) electrons. The van der Waals surface area contributed by atoms with Crippen molar-refractivity contribution in [1.29, 1.82) is 0 Å². The van der Waals surface area contributed by atoms with E-state index in [0.717, 1.165) is 33.9 Å². The molecule has 30 heavy (non-hydrogen) atoms. The van der Waals surface area contributed by atoms with Gasteiger partial charge < -0.3 is 10.6 Å². The molecule has 1 saturated carbocycles. The van der Waals surface area contributed by atoms with E-state index in [9.17, 15) is 4.79 Å². The molecule has 158 valence electrons. The van der Waals surface area contributed by atoms with Gasteiger partial charge in [0, 0.05) is 18.3 Å². The molecule has 5 nitrogen and oxygen atoms in total. The molecule has 1 heterocycles. The number of nitrogens with zero attached hydrogens (tertiary/aromatic N) is 1. The van der Waals surface area contributed by atoms with Crippen LogP contribution in [-0.4, -0.2) is 17.1 Å². The summed E-state index contributed by atoms with van der Waals surface area (Å²) in [6.07, 6.45) is 8.14. The summed E-state index contributed by atoms with van der Waals surface area (Å²) in [5.41, 5.74) is 2.82. The summed E-state index contributed by atoms with van der Waals surface area (Å²) in [6.45, 7) is 3.01. The summed E-state index contributed by atoms with van der Waals surface area (Å²) in [7, 11) is 0. The Morgan fingerprint density at radius 3 is 2.67 bits per heavy atom. The minimum Gasteiger partial charge on any atom is -0.310 e. The number of carbonyl (C=O) groups is 1. The van der Waals surface area contributed by atoms with Crippen molar-refractivity contribution in [2.45, 2.75) is 58.0 Å². The van der Waals surface area contributed by atoms with Crippen LogP contribution in [0.3, 0.4) is 0 Å². The average Bonchev–Trinajstić information content (AvgIpc) is 3.16. The van der Waals surface area contributed by atoms with Crippen molar-refractivity contribution in [3.05, 3.63) is 54.1 Å². The fourth-order valence-electron chi connectivity index (χ4n) is 4.26. The van der Waals surface area contributed by atoms with Crippen molar-refractivity contribution in [2.24, 2.45) is 5.92 Å². The van der Waals surface area contributed by atoms with Crippen LogP contribution in [0.15, 0.2) is 48.5 Å². The van der Waals surface area contributed by atoms with Crippen molar-refractivity contribution < 1.29 is 4.79 Å². The predicted molar refractivity (Wildman–Crippen MR) is 126 cm³/mol. The van der Waals surface area contributed by atoms with Gasteiger partial charge in [0.25, 0.3) is 0 Å². The average molecular weight is 423 g/mol. The highest BCUT2D eigenvalue weighted by atomic mass is 32.1. The molecule has 2 aromatic carbocycles. The van der Waals surface area contributed by atoms with Crippen molar-refractivity contribution in [1.82, 2.24) is 10.3 Å². The lowest BCUT2D eigenvalue weighted by Gasteiger charge is -2.25. The smallest absolute Gasteiger partial charge is 0.310 e. The standard InChI is InChI=1S/C24H30N4OS/c1-17(15-18-9-3-2-4-10-18)25-16-19-11-5-6-12-20(19)26-23(29)28-24-27-21-13-7-8-14-22(21)30-24/h5-8,11-14,17-18,25H,2-4,9-10,15-16H2,1H3,(H2,26,27,28,29)/t17-/m0/s1. The van der Waals surface area contributed by atoms with Crippen LogP contribution in [0, 0.1) is 5.92 Å². The van der Waals surface area contributed by atoms with Gasteiger partial charge in [-0.25, -0.2) is 9.78 Å². The first kappa shape index (κ1) is 20.8. The van der Waals surface area contributed by atoms with E-state index in [2.05, 4.69) is 33.9 Å². The van der Waals surface area contributed by atoms with Crippen molar-refractivity contribution in [3.63, 3.8) is 0 Å². The molecule has 1 aliphatic rings. The molecule has 6 heteroatoms. The highest BCUT2D eigenvalue weighted by molar-refractivity contribution is 7.22. The van der Waals surface area contributed by atoms with Gasteiger partial charge in [0.05, 0.1) is 10.2 Å². The normalized spacial score (nSPS) is 15.8. The fourth-order valence-corrected chi connectivity index (χ4v) is 5.12. The van der Waals surface area contributed by atoms with Gasteiger partial charge in [-0.2, -0.15) is 0 Å². The molecule has 4 rings (SSSR count). The van der Waals surface area contributed by atoms with Crippen molar-refractivity contribution >= 4 is 38.4 Å². The number of aromatic nitrogens is 1. The molecule has 0 aliphatic heterocycles. The zero-order chi connectivity index (χ0) is 20.8. The second-order valence-electron chi connectivity index (χ2n) is 8.24. The van der Waals surface area contributed by atoms with Crippen LogP contribution in [0.2, 0.25) is 0 Å². The van der Waals surface area contributed by atoms with Gasteiger partial charge in [-0.05, 0) is 43.0 Å². The molecule has 0 unspecified atom stereocenters. The maximum atomic E-state index is 12.5. The van der Waals surface area contributed by atoms with Crippen LogP contribution in [0.5, 0.6) is 0 Å². The zero-order valence-corrected chi connectivity index (χ0v) is 18.3. The third-order valence-electron chi connectivity index (χ3n) is 5.83. The summed E-state index contributed by atoms with van der Waals surface area (Å²) in [6, 6.07) is 16.0. The third kappa shape index (κ3) is 5.58. The van der Waals surface area contributed by atoms with Crippen molar-refractivity contribution in [3.8, 4) is 0 Å². The number of carbonyl (C=O) groups excluding carboxylic acids is 1. The Morgan fingerprint density at radius 2 is 1.83 bits per heavy atom. The Kier molecular flexibility index (Phi) is 6.97. The van der Waals surface area contributed by atoms with Crippen LogP contribution in [0.4, 0.5) is 15.6 Å². The number of urea groups is 1. The lowest BCUT2D eigenvalue weighted by atomic mass is 9.85. The lowest BCUT2D eigenvalue weighted by Crippen LogP contribution is -2.29. The summed E-state index contributed by atoms with van der Waals surface area (Å²) < 4.78 is 1.06. The lowest BCUT2D eigenvalue weighted by molar-refractivity contribution is 0.262. The van der Waals surface area contributed by atoms with Crippen LogP contribution in [-0.2, 0) is 6.54 Å². The Labute approximate surface area is 182 Å². The van der Waals surface area contributed by atoms with Crippen LogP contribution >= 0.6 is 11.3 Å². The third-order valence-corrected chi connectivity index (χ3v) is 6.78. The van der Waals surface area contributed by atoms with Crippen LogP contribution < -0.4 is 16.0 Å². The van der Waals surface area contributed by atoms with E-state index in [1.807, 2.05) is 42.5 Å². The first-order chi connectivity index (χ1) is 14.7. The molecule has 0 bridgehead atoms. The molecule has 1 aromatic heterocycles. The number of anilines is 2. The molecule has 0 spiro atoms. The van der Waals surface area contributed by atoms with Crippen LogP contribution in [0.1, 0.15) is 51.0 Å². The SMILES string of the molecule is C[C@@H](CC1CCCCC1)NCc1ccccc1NC(=O)Nc1nc2ccccc2s1. The van der Waals surface area contributed by atoms with Gasteiger partial charge in [0.15, 0.2) is 5.13 Å². The highest BCUT2D eigenvalue weighted by Crippen LogP contribution is 2.28. The number of para-hydroxylation sites is 2. The zero-order valence-electron chi connectivity index (χ0n) is 17.5. The summed E-state index contributed by atoms with van der Waals surface area (Å²) in [5.74, 6) is 0.856. The van der Waals surface area contributed by atoms with E-state index in [-0.39, 0.29) is 6.03 Å². The predicted octanol–water partition coefficient (Wildman–Crippen LogP) is 6.39. The quantitative estimate of drug-likeness (QED) is 0.413. The summed E-state index contributed by atoms with van der Waals surface area (Å²) >= 11 is 1.48. The molecule has 1 aliphatic carbocycles. The fraction of sp³-hybridized carbons (Fsp3) is 0.417. The second-order valence-corrected chi connectivity index (χ2v) is 9.28.